The molecule has 0 aliphatic heterocycles. The lowest BCUT2D eigenvalue weighted by Gasteiger charge is -2.09. The molecule has 0 fully saturated rings. The van der Waals surface area contributed by atoms with Crippen molar-refractivity contribution in [2.75, 3.05) is 12.8 Å². The quantitative estimate of drug-likeness (QED) is 0.659. The van der Waals surface area contributed by atoms with Crippen LogP contribution in [0.3, 0.4) is 0 Å². The first-order valence-corrected chi connectivity index (χ1v) is 6.70. The van der Waals surface area contributed by atoms with E-state index in [0.717, 1.165) is 16.9 Å². The minimum atomic E-state index is -0.244. The van der Waals surface area contributed by atoms with Gasteiger partial charge in [0.1, 0.15) is 11.6 Å². The van der Waals surface area contributed by atoms with Crippen molar-refractivity contribution in [2.24, 2.45) is 0 Å². The summed E-state index contributed by atoms with van der Waals surface area (Å²) in [6, 6.07) is 7.24. The minimum absolute atomic E-state index is 0.224. The fraction of sp³-hybridized carbons (Fsp3) is 0.231. The van der Waals surface area contributed by atoms with Crippen LogP contribution in [0, 0.1) is 6.92 Å². The van der Waals surface area contributed by atoms with E-state index < -0.39 is 0 Å². The third kappa shape index (κ3) is 3.51. The molecule has 0 bridgehead atoms. The number of thioether (sulfide) groups is 1. The summed E-state index contributed by atoms with van der Waals surface area (Å²) in [7, 11) is 1.64. The van der Waals surface area contributed by atoms with Gasteiger partial charge >= 0.3 is 0 Å². The van der Waals surface area contributed by atoms with E-state index in [1.165, 1.54) is 17.8 Å². The summed E-state index contributed by atoms with van der Waals surface area (Å²) in [6.45, 7) is 2.02. The lowest BCUT2D eigenvalue weighted by Crippen LogP contribution is -2.09. The van der Waals surface area contributed by atoms with Crippen molar-refractivity contribution in [1.82, 2.24) is 9.97 Å². The van der Waals surface area contributed by atoms with Crippen molar-refractivity contribution >= 4 is 17.6 Å². The van der Waals surface area contributed by atoms with Gasteiger partial charge in [0.25, 0.3) is 5.56 Å². The van der Waals surface area contributed by atoms with Crippen LogP contribution in [0.2, 0.25) is 0 Å². The van der Waals surface area contributed by atoms with Crippen molar-refractivity contribution in [2.45, 2.75) is 17.8 Å². The van der Waals surface area contributed by atoms with Crippen molar-refractivity contribution in [1.29, 1.82) is 0 Å². The summed E-state index contributed by atoms with van der Waals surface area (Å²) in [5, 5.41) is 0.508. The lowest BCUT2D eigenvalue weighted by molar-refractivity contribution is 0.411. The molecule has 6 heteroatoms. The average molecular weight is 277 g/mol. The minimum Gasteiger partial charge on any atom is -0.496 e. The Kier molecular flexibility index (Phi) is 4.11. The number of ether oxygens (including phenoxy) is 1. The van der Waals surface area contributed by atoms with Gasteiger partial charge in [-0.2, -0.15) is 0 Å². The molecule has 0 atom stereocenters. The molecule has 2 aromatic rings. The zero-order valence-corrected chi connectivity index (χ0v) is 11.6. The number of nitrogens with one attached hydrogen (secondary N) is 1. The van der Waals surface area contributed by atoms with Gasteiger partial charge in [-0.3, -0.25) is 4.79 Å². The molecule has 0 radical (unpaired) electrons. The van der Waals surface area contributed by atoms with E-state index in [1.807, 2.05) is 19.1 Å². The van der Waals surface area contributed by atoms with Gasteiger partial charge in [0.15, 0.2) is 5.16 Å². The maximum absolute atomic E-state index is 11.3. The van der Waals surface area contributed by atoms with E-state index in [2.05, 4.69) is 16.0 Å². The summed E-state index contributed by atoms with van der Waals surface area (Å²) in [5.41, 5.74) is 7.51. The van der Waals surface area contributed by atoms with Gasteiger partial charge in [-0.1, -0.05) is 29.5 Å². The average Bonchev–Trinajstić information content (AvgIpc) is 2.35. The molecule has 0 saturated carbocycles. The molecule has 1 aromatic heterocycles. The molecule has 3 N–H and O–H groups in total. The molecule has 100 valence electrons. The van der Waals surface area contributed by atoms with Crippen LogP contribution in [0.15, 0.2) is 34.2 Å². The highest BCUT2D eigenvalue weighted by Gasteiger charge is 2.06. The number of hydrogen-bond acceptors (Lipinski definition) is 5. The van der Waals surface area contributed by atoms with Crippen LogP contribution in [0.5, 0.6) is 5.75 Å². The molecule has 0 saturated heterocycles. The predicted molar refractivity (Wildman–Crippen MR) is 76.6 cm³/mol. The first-order valence-electron chi connectivity index (χ1n) is 5.71. The number of aromatic amines is 1. The highest BCUT2D eigenvalue weighted by molar-refractivity contribution is 7.98. The van der Waals surface area contributed by atoms with Gasteiger partial charge in [0.2, 0.25) is 0 Å². The van der Waals surface area contributed by atoms with Crippen molar-refractivity contribution in [3.05, 3.63) is 45.7 Å². The van der Waals surface area contributed by atoms with E-state index in [-0.39, 0.29) is 11.4 Å². The number of H-pyrrole nitrogens is 1. The number of rotatable bonds is 4. The Morgan fingerprint density at radius 1 is 1.42 bits per heavy atom. The van der Waals surface area contributed by atoms with Crippen LogP contribution in [-0.4, -0.2) is 17.1 Å². The Morgan fingerprint density at radius 3 is 2.89 bits per heavy atom. The summed E-state index contributed by atoms with van der Waals surface area (Å²) in [4.78, 5) is 18.0. The van der Waals surface area contributed by atoms with Gasteiger partial charge in [0, 0.05) is 17.4 Å². The van der Waals surface area contributed by atoms with Crippen molar-refractivity contribution in [3.63, 3.8) is 0 Å². The fourth-order valence-electron chi connectivity index (χ4n) is 1.69. The first kappa shape index (κ1) is 13.5. The van der Waals surface area contributed by atoms with E-state index in [9.17, 15) is 4.79 Å². The molecule has 0 aliphatic rings. The Bertz CT molecular complexity index is 640. The molecule has 1 heterocycles. The van der Waals surface area contributed by atoms with E-state index in [4.69, 9.17) is 10.5 Å². The second-order valence-electron chi connectivity index (χ2n) is 4.08. The summed E-state index contributed by atoms with van der Waals surface area (Å²) in [5.74, 6) is 1.70. The molecule has 1 aromatic carbocycles. The van der Waals surface area contributed by atoms with Crippen LogP contribution < -0.4 is 16.0 Å². The molecule has 5 nitrogen and oxygen atoms in total. The second kappa shape index (κ2) is 5.79. The number of aromatic nitrogens is 2. The first-order chi connectivity index (χ1) is 9.08. The third-order valence-corrected chi connectivity index (χ3v) is 3.46. The summed E-state index contributed by atoms with van der Waals surface area (Å²) in [6.07, 6.45) is 0. The van der Waals surface area contributed by atoms with Gasteiger partial charge in [-0.05, 0) is 13.0 Å². The van der Waals surface area contributed by atoms with Crippen LogP contribution in [-0.2, 0) is 5.75 Å². The van der Waals surface area contributed by atoms with Crippen LogP contribution >= 0.6 is 11.8 Å². The lowest BCUT2D eigenvalue weighted by atomic mass is 10.1. The number of hydrogen-bond donors (Lipinski definition) is 2. The van der Waals surface area contributed by atoms with E-state index in [1.54, 1.807) is 7.11 Å². The van der Waals surface area contributed by atoms with E-state index >= 15 is 0 Å². The summed E-state index contributed by atoms with van der Waals surface area (Å²) >= 11 is 1.41. The standard InChI is InChI=1S/C13H15N3O2S/c1-8-3-4-10(18-2)9(5-8)7-19-13-15-11(14)6-12(17)16-13/h3-6H,7H2,1-2H3,(H3,14,15,16,17). The van der Waals surface area contributed by atoms with E-state index in [0.29, 0.717) is 10.9 Å². The summed E-state index contributed by atoms with van der Waals surface area (Å²) < 4.78 is 5.31. The largest absolute Gasteiger partial charge is 0.496 e. The number of methoxy groups -OCH3 is 1. The molecular weight excluding hydrogens is 262 g/mol. The number of anilines is 1. The van der Waals surface area contributed by atoms with Crippen LogP contribution in [0.4, 0.5) is 5.82 Å². The Morgan fingerprint density at radius 2 is 2.21 bits per heavy atom. The van der Waals surface area contributed by atoms with Crippen LogP contribution in [0.1, 0.15) is 11.1 Å². The highest BCUT2D eigenvalue weighted by atomic mass is 32.2. The molecule has 19 heavy (non-hydrogen) atoms. The van der Waals surface area contributed by atoms with Crippen LogP contribution in [0.25, 0.3) is 0 Å². The predicted octanol–water partition coefficient (Wildman–Crippen LogP) is 1.96. The smallest absolute Gasteiger partial charge is 0.253 e. The van der Waals surface area contributed by atoms with Gasteiger partial charge in [-0.15, -0.1) is 0 Å². The van der Waals surface area contributed by atoms with Crippen molar-refractivity contribution < 1.29 is 4.74 Å². The third-order valence-electron chi connectivity index (χ3n) is 2.54. The van der Waals surface area contributed by atoms with Gasteiger partial charge < -0.3 is 15.5 Å². The Balaban J connectivity index is 2.18. The number of nitrogens with two attached hydrogens (primary N) is 1. The molecule has 0 amide bonds. The maximum atomic E-state index is 11.3. The zero-order chi connectivity index (χ0) is 13.8. The topological polar surface area (TPSA) is 81.0 Å². The number of aryl methyl sites for hydroxylation is 1. The number of nitrogens with zero attached hydrogens (tertiary/aromatic N) is 1. The zero-order valence-electron chi connectivity index (χ0n) is 10.8. The van der Waals surface area contributed by atoms with Gasteiger partial charge in [-0.25, -0.2) is 4.98 Å². The molecular formula is C13H15N3O2S. The Hall–Kier alpha value is -1.95. The fourth-order valence-corrected chi connectivity index (χ4v) is 2.55. The second-order valence-corrected chi connectivity index (χ2v) is 5.04. The Labute approximate surface area is 115 Å². The maximum Gasteiger partial charge on any atom is 0.253 e. The monoisotopic (exact) mass is 277 g/mol. The normalized spacial score (nSPS) is 10.4. The molecule has 0 spiro atoms. The molecule has 0 unspecified atom stereocenters. The van der Waals surface area contributed by atoms with Gasteiger partial charge in [0.05, 0.1) is 7.11 Å². The number of nitrogen functional groups attached to an aromatic ring is 1. The van der Waals surface area contributed by atoms with Crippen molar-refractivity contribution in [3.8, 4) is 5.75 Å². The SMILES string of the molecule is COc1ccc(C)cc1CSc1nc(N)cc(=O)[nH]1. The number of benzene rings is 1. The molecule has 0 aliphatic carbocycles. The molecule has 2 rings (SSSR count). The highest BCUT2D eigenvalue weighted by Crippen LogP contribution is 2.26.